The molecule has 3 rings (SSSR count). The number of carbonyl (C=O) groups is 3. The SMILES string of the molecule is COC(=O)CSc1cccc(NC(=O)/C(=C\c2ccc(N(C)C)cc2)NC(=O)c2ccccc2)c1. The summed E-state index contributed by atoms with van der Waals surface area (Å²) >= 11 is 1.30. The Balaban J connectivity index is 1.83. The summed E-state index contributed by atoms with van der Waals surface area (Å²) in [6.45, 7) is 0. The van der Waals surface area contributed by atoms with Gasteiger partial charge in [-0.05, 0) is 54.1 Å². The average molecular weight is 490 g/mol. The lowest BCUT2D eigenvalue weighted by atomic mass is 10.1. The topological polar surface area (TPSA) is 87.7 Å². The van der Waals surface area contributed by atoms with Gasteiger partial charge < -0.3 is 20.3 Å². The zero-order chi connectivity index (χ0) is 25.2. The van der Waals surface area contributed by atoms with Crippen molar-refractivity contribution in [2.45, 2.75) is 4.90 Å². The van der Waals surface area contributed by atoms with Gasteiger partial charge in [0.25, 0.3) is 11.8 Å². The number of nitrogens with one attached hydrogen (secondary N) is 2. The third-order valence-electron chi connectivity index (χ3n) is 4.93. The zero-order valence-electron chi connectivity index (χ0n) is 19.8. The number of nitrogens with zero attached hydrogens (tertiary/aromatic N) is 1. The van der Waals surface area contributed by atoms with Gasteiger partial charge in [0, 0.05) is 35.9 Å². The number of ether oxygens (including phenoxy) is 1. The number of hydrogen-bond acceptors (Lipinski definition) is 6. The second kappa shape index (κ2) is 12.4. The van der Waals surface area contributed by atoms with E-state index in [1.807, 2.05) is 55.4 Å². The van der Waals surface area contributed by atoms with Crippen LogP contribution in [0.5, 0.6) is 0 Å². The van der Waals surface area contributed by atoms with Crippen LogP contribution in [0.25, 0.3) is 6.08 Å². The van der Waals surface area contributed by atoms with Crippen LogP contribution in [0.1, 0.15) is 15.9 Å². The van der Waals surface area contributed by atoms with Crippen molar-refractivity contribution in [3.05, 3.63) is 95.7 Å². The van der Waals surface area contributed by atoms with Gasteiger partial charge in [-0.1, -0.05) is 36.4 Å². The molecule has 0 bridgehead atoms. The van der Waals surface area contributed by atoms with Crippen molar-refractivity contribution in [2.75, 3.05) is 37.2 Å². The van der Waals surface area contributed by atoms with Crippen molar-refractivity contribution in [3.63, 3.8) is 0 Å². The predicted molar refractivity (Wildman–Crippen MR) is 140 cm³/mol. The van der Waals surface area contributed by atoms with Crippen LogP contribution in [0.15, 0.2) is 89.5 Å². The Kier molecular flexibility index (Phi) is 9.09. The normalized spacial score (nSPS) is 10.9. The molecule has 0 aliphatic carbocycles. The van der Waals surface area contributed by atoms with Gasteiger partial charge in [-0.2, -0.15) is 0 Å². The minimum atomic E-state index is -0.471. The first kappa shape index (κ1) is 25.6. The van der Waals surface area contributed by atoms with Crippen LogP contribution in [-0.4, -0.2) is 44.7 Å². The molecule has 0 saturated carbocycles. The highest BCUT2D eigenvalue weighted by molar-refractivity contribution is 8.00. The minimum Gasteiger partial charge on any atom is -0.468 e. The average Bonchev–Trinajstić information content (AvgIpc) is 2.87. The van der Waals surface area contributed by atoms with E-state index in [1.165, 1.54) is 18.9 Å². The van der Waals surface area contributed by atoms with Gasteiger partial charge in [-0.3, -0.25) is 14.4 Å². The van der Waals surface area contributed by atoms with E-state index in [0.717, 1.165) is 16.1 Å². The molecule has 180 valence electrons. The fourth-order valence-electron chi connectivity index (χ4n) is 3.04. The molecule has 0 spiro atoms. The summed E-state index contributed by atoms with van der Waals surface area (Å²) in [5, 5.41) is 5.57. The van der Waals surface area contributed by atoms with E-state index in [0.29, 0.717) is 11.3 Å². The first-order valence-corrected chi connectivity index (χ1v) is 11.8. The number of rotatable bonds is 9. The van der Waals surface area contributed by atoms with Crippen molar-refractivity contribution in [2.24, 2.45) is 0 Å². The van der Waals surface area contributed by atoms with Crippen molar-refractivity contribution < 1.29 is 19.1 Å². The maximum atomic E-state index is 13.2. The highest BCUT2D eigenvalue weighted by atomic mass is 32.2. The Labute approximate surface area is 209 Å². The number of thioether (sulfide) groups is 1. The molecule has 0 atom stereocenters. The van der Waals surface area contributed by atoms with Gasteiger partial charge in [0.2, 0.25) is 0 Å². The van der Waals surface area contributed by atoms with E-state index in [4.69, 9.17) is 0 Å². The van der Waals surface area contributed by atoms with Gasteiger partial charge in [0.15, 0.2) is 0 Å². The monoisotopic (exact) mass is 489 g/mol. The first-order valence-electron chi connectivity index (χ1n) is 10.8. The van der Waals surface area contributed by atoms with E-state index in [1.54, 1.807) is 48.5 Å². The number of amides is 2. The highest BCUT2D eigenvalue weighted by Gasteiger charge is 2.15. The molecule has 0 heterocycles. The van der Waals surface area contributed by atoms with Gasteiger partial charge in [0.1, 0.15) is 5.70 Å². The summed E-state index contributed by atoms with van der Waals surface area (Å²) in [6.07, 6.45) is 1.63. The van der Waals surface area contributed by atoms with Gasteiger partial charge in [-0.15, -0.1) is 11.8 Å². The Morgan fingerprint density at radius 3 is 2.31 bits per heavy atom. The summed E-state index contributed by atoms with van der Waals surface area (Å²) in [7, 11) is 5.23. The van der Waals surface area contributed by atoms with E-state index in [2.05, 4.69) is 15.4 Å². The van der Waals surface area contributed by atoms with E-state index in [9.17, 15) is 14.4 Å². The fraction of sp³-hybridized carbons (Fsp3) is 0.148. The Morgan fingerprint density at radius 1 is 0.943 bits per heavy atom. The molecular formula is C27H27N3O4S. The third-order valence-corrected chi connectivity index (χ3v) is 5.89. The third kappa shape index (κ3) is 7.75. The quantitative estimate of drug-likeness (QED) is 0.263. The molecule has 8 heteroatoms. The molecule has 2 N–H and O–H groups in total. The number of esters is 1. The molecular weight excluding hydrogens is 462 g/mol. The number of hydrogen-bond donors (Lipinski definition) is 2. The first-order chi connectivity index (χ1) is 16.9. The molecule has 0 fully saturated rings. The summed E-state index contributed by atoms with van der Waals surface area (Å²) in [5.74, 6) is -1.03. The predicted octanol–water partition coefficient (Wildman–Crippen LogP) is 4.43. The number of benzene rings is 3. The molecule has 2 amide bonds. The lowest BCUT2D eigenvalue weighted by Crippen LogP contribution is -2.30. The second-order valence-corrected chi connectivity index (χ2v) is 8.76. The summed E-state index contributed by atoms with van der Waals surface area (Å²) < 4.78 is 4.67. The zero-order valence-corrected chi connectivity index (χ0v) is 20.6. The molecule has 0 radical (unpaired) electrons. The molecule has 0 aromatic heterocycles. The van der Waals surface area contributed by atoms with Crippen LogP contribution in [0.4, 0.5) is 11.4 Å². The molecule has 0 aliphatic rings. The van der Waals surface area contributed by atoms with E-state index in [-0.39, 0.29) is 23.3 Å². The van der Waals surface area contributed by atoms with Crippen molar-refractivity contribution in [1.29, 1.82) is 0 Å². The Morgan fingerprint density at radius 2 is 1.66 bits per heavy atom. The van der Waals surface area contributed by atoms with Crippen LogP contribution in [-0.2, 0) is 14.3 Å². The van der Waals surface area contributed by atoms with Crippen molar-refractivity contribution >= 4 is 47.0 Å². The Bertz CT molecular complexity index is 1210. The number of carbonyl (C=O) groups excluding carboxylic acids is 3. The largest absolute Gasteiger partial charge is 0.468 e. The van der Waals surface area contributed by atoms with Crippen molar-refractivity contribution in [3.8, 4) is 0 Å². The molecule has 35 heavy (non-hydrogen) atoms. The molecule has 0 aliphatic heterocycles. The van der Waals surface area contributed by atoms with Crippen LogP contribution in [0.2, 0.25) is 0 Å². The van der Waals surface area contributed by atoms with Crippen LogP contribution in [0.3, 0.4) is 0 Å². The second-order valence-electron chi connectivity index (χ2n) is 7.71. The smallest absolute Gasteiger partial charge is 0.315 e. The van der Waals surface area contributed by atoms with Crippen molar-refractivity contribution in [1.82, 2.24) is 5.32 Å². The molecule has 7 nitrogen and oxygen atoms in total. The molecule has 3 aromatic carbocycles. The highest BCUT2D eigenvalue weighted by Crippen LogP contribution is 2.22. The number of anilines is 2. The molecule has 3 aromatic rings. The minimum absolute atomic E-state index is 0.101. The van der Waals surface area contributed by atoms with Gasteiger partial charge in [0.05, 0.1) is 12.9 Å². The summed E-state index contributed by atoms with van der Waals surface area (Å²) in [6, 6.07) is 23.4. The van der Waals surface area contributed by atoms with Crippen LogP contribution < -0.4 is 15.5 Å². The molecule has 0 unspecified atom stereocenters. The standard InChI is InChI=1S/C27H27N3O4S/c1-30(2)22-14-12-19(13-15-22)16-24(29-26(32)20-8-5-4-6-9-20)27(33)28-21-10-7-11-23(17-21)35-18-25(31)34-3/h4-17H,18H2,1-3H3,(H,28,33)(H,29,32)/b24-16+. The van der Waals surface area contributed by atoms with Crippen LogP contribution in [0, 0.1) is 0 Å². The van der Waals surface area contributed by atoms with Gasteiger partial charge in [-0.25, -0.2) is 0 Å². The summed E-state index contributed by atoms with van der Waals surface area (Å²) in [5.41, 5.74) is 2.85. The lowest BCUT2D eigenvalue weighted by molar-refractivity contribution is -0.137. The summed E-state index contributed by atoms with van der Waals surface area (Å²) in [4.78, 5) is 40.2. The Hall–Kier alpha value is -4.04. The van der Waals surface area contributed by atoms with Gasteiger partial charge >= 0.3 is 5.97 Å². The van der Waals surface area contributed by atoms with E-state index < -0.39 is 5.91 Å². The number of methoxy groups -OCH3 is 1. The van der Waals surface area contributed by atoms with Crippen LogP contribution >= 0.6 is 11.8 Å². The maximum Gasteiger partial charge on any atom is 0.315 e. The van der Waals surface area contributed by atoms with E-state index >= 15 is 0 Å². The molecule has 0 saturated heterocycles. The fourth-order valence-corrected chi connectivity index (χ4v) is 3.83. The maximum absolute atomic E-state index is 13.2. The lowest BCUT2D eigenvalue weighted by Gasteiger charge is -2.14.